The largest absolute Gasteiger partial charge is 0.351 e. The lowest BCUT2D eigenvalue weighted by Crippen LogP contribution is -2.27. The summed E-state index contributed by atoms with van der Waals surface area (Å²) in [6, 6.07) is 13.7. The van der Waals surface area contributed by atoms with Gasteiger partial charge in [0.1, 0.15) is 0 Å². The summed E-state index contributed by atoms with van der Waals surface area (Å²) in [7, 11) is 0. The fourth-order valence-electron chi connectivity index (χ4n) is 3.06. The minimum Gasteiger partial charge on any atom is -0.351 e. The summed E-state index contributed by atoms with van der Waals surface area (Å²) in [4.78, 5) is 24.0. The highest BCUT2D eigenvalue weighted by molar-refractivity contribution is 5.98. The zero-order valence-corrected chi connectivity index (χ0v) is 14.9. The molecule has 2 aromatic rings. The maximum atomic E-state index is 12.4. The Morgan fingerprint density at radius 3 is 2.68 bits per heavy atom. The van der Waals surface area contributed by atoms with Crippen LogP contribution in [0.2, 0.25) is 0 Å². The van der Waals surface area contributed by atoms with E-state index in [1.165, 1.54) is 0 Å². The molecule has 2 N–H and O–H groups in total. The van der Waals surface area contributed by atoms with Gasteiger partial charge in [0.15, 0.2) is 0 Å². The van der Waals surface area contributed by atoms with Crippen molar-refractivity contribution in [3.05, 3.63) is 70.3 Å². The monoisotopic (exact) mass is 336 g/mol. The van der Waals surface area contributed by atoms with Crippen LogP contribution in [0, 0.1) is 0 Å². The van der Waals surface area contributed by atoms with Crippen LogP contribution < -0.4 is 10.6 Å². The van der Waals surface area contributed by atoms with Crippen molar-refractivity contribution in [2.24, 2.45) is 0 Å². The van der Waals surface area contributed by atoms with E-state index in [2.05, 4.69) is 37.5 Å². The van der Waals surface area contributed by atoms with Crippen LogP contribution in [0.5, 0.6) is 0 Å². The van der Waals surface area contributed by atoms with Crippen molar-refractivity contribution in [1.29, 1.82) is 0 Å². The van der Waals surface area contributed by atoms with Crippen molar-refractivity contribution in [2.45, 2.75) is 39.2 Å². The summed E-state index contributed by atoms with van der Waals surface area (Å²) in [5, 5.41) is 5.85. The normalized spacial score (nSPS) is 14.2. The van der Waals surface area contributed by atoms with Gasteiger partial charge in [0.05, 0.1) is 0 Å². The first kappa shape index (κ1) is 17.2. The standard InChI is InChI=1S/C21H24N2O2/c1-13(2)15-5-4-6-17(9-15)20(24)22-11-14(3)16-7-8-19-18(10-16)12-23-21(19)25/h4-10,13-14H,11-12H2,1-3H3,(H,22,24)(H,23,25). The molecule has 1 unspecified atom stereocenters. The Labute approximate surface area is 148 Å². The molecule has 1 aliphatic rings. The highest BCUT2D eigenvalue weighted by atomic mass is 16.2. The zero-order chi connectivity index (χ0) is 18.0. The van der Waals surface area contributed by atoms with Gasteiger partial charge in [0, 0.05) is 24.2 Å². The molecule has 3 rings (SSSR count). The third-order valence-corrected chi connectivity index (χ3v) is 4.77. The van der Waals surface area contributed by atoms with Crippen LogP contribution in [0.25, 0.3) is 0 Å². The first-order chi connectivity index (χ1) is 12.0. The molecule has 0 saturated carbocycles. The highest BCUT2D eigenvalue weighted by Crippen LogP contribution is 2.22. The molecule has 1 heterocycles. The van der Waals surface area contributed by atoms with Crippen LogP contribution in [-0.4, -0.2) is 18.4 Å². The van der Waals surface area contributed by atoms with Crippen LogP contribution in [0.15, 0.2) is 42.5 Å². The van der Waals surface area contributed by atoms with Gasteiger partial charge in [-0.3, -0.25) is 9.59 Å². The van der Waals surface area contributed by atoms with Crippen molar-refractivity contribution in [3.63, 3.8) is 0 Å². The number of rotatable bonds is 5. The molecule has 1 aliphatic heterocycles. The Morgan fingerprint density at radius 1 is 1.12 bits per heavy atom. The Morgan fingerprint density at radius 2 is 1.92 bits per heavy atom. The fourth-order valence-corrected chi connectivity index (χ4v) is 3.06. The summed E-state index contributed by atoms with van der Waals surface area (Å²) < 4.78 is 0. The molecule has 4 nitrogen and oxygen atoms in total. The lowest BCUT2D eigenvalue weighted by molar-refractivity contribution is 0.0948. The Kier molecular flexibility index (Phi) is 4.88. The van der Waals surface area contributed by atoms with E-state index in [-0.39, 0.29) is 17.7 Å². The van der Waals surface area contributed by atoms with E-state index in [0.717, 1.165) is 22.3 Å². The third-order valence-electron chi connectivity index (χ3n) is 4.77. The topological polar surface area (TPSA) is 58.2 Å². The molecule has 0 aromatic heterocycles. The molecule has 2 aromatic carbocycles. The Balaban J connectivity index is 1.64. The van der Waals surface area contributed by atoms with Crippen molar-refractivity contribution >= 4 is 11.8 Å². The van der Waals surface area contributed by atoms with Crippen LogP contribution >= 0.6 is 0 Å². The smallest absolute Gasteiger partial charge is 0.251 e. The summed E-state index contributed by atoms with van der Waals surface area (Å²) in [5.41, 5.74) is 4.78. The number of carbonyl (C=O) groups is 2. The zero-order valence-electron chi connectivity index (χ0n) is 14.9. The molecule has 1 atom stereocenters. The van der Waals surface area contributed by atoms with Crippen LogP contribution in [0.3, 0.4) is 0 Å². The van der Waals surface area contributed by atoms with E-state index < -0.39 is 0 Å². The number of amides is 2. The molecule has 0 bridgehead atoms. The molecule has 25 heavy (non-hydrogen) atoms. The van der Waals surface area contributed by atoms with E-state index in [9.17, 15) is 9.59 Å². The van der Waals surface area contributed by atoms with Crippen LogP contribution in [0.4, 0.5) is 0 Å². The molecule has 0 aliphatic carbocycles. The van der Waals surface area contributed by atoms with Crippen molar-refractivity contribution in [1.82, 2.24) is 10.6 Å². The van der Waals surface area contributed by atoms with E-state index >= 15 is 0 Å². The van der Waals surface area contributed by atoms with Gasteiger partial charge in [-0.15, -0.1) is 0 Å². The Bertz CT molecular complexity index is 811. The molecule has 0 radical (unpaired) electrons. The number of benzene rings is 2. The van der Waals surface area contributed by atoms with Crippen LogP contribution in [-0.2, 0) is 6.54 Å². The van der Waals surface area contributed by atoms with Crippen molar-refractivity contribution in [3.8, 4) is 0 Å². The second-order valence-electron chi connectivity index (χ2n) is 6.99. The average molecular weight is 336 g/mol. The SMILES string of the molecule is CC(C)c1cccc(C(=O)NCC(C)c2ccc3c(c2)CNC3=O)c1. The van der Waals surface area contributed by atoms with E-state index in [4.69, 9.17) is 0 Å². The summed E-state index contributed by atoms with van der Waals surface area (Å²) >= 11 is 0. The van der Waals surface area contributed by atoms with Gasteiger partial charge in [-0.25, -0.2) is 0 Å². The molecule has 130 valence electrons. The second kappa shape index (κ2) is 7.09. The molecular weight excluding hydrogens is 312 g/mol. The number of hydrogen-bond acceptors (Lipinski definition) is 2. The lowest BCUT2D eigenvalue weighted by atomic mass is 9.96. The molecular formula is C21H24N2O2. The number of hydrogen-bond donors (Lipinski definition) is 2. The molecule has 0 fully saturated rings. The number of fused-ring (bicyclic) bond motifs is 1. The maximum absolute atomic E-state index is 12.4. The quantitative estimate of drug-likeness (QED) is 0.877. The summed E-state index contributed by atoms with van der Waals surface area (Å²) in [6.45, 7) is 7.46. The number of carbonyl (C=O) groups excluding carboxylic acids is 2. The minimum atomic E-state index is -0.0487. The second-order valence-corrected chi connectivity index (χ2v) is 6.99. The van der Waals surface area contributed by atoms with Gasteiger partial charge in [-0.05, 0) is 46.7 Å². The first-order valence-electron chi connectivity index (χ1n) is 8.75. The van der Waals surface area contributed by atoms with Crippen molar-refractivity contribution in [2.75, 3.05) is 6.54 Å². The van der Waals surface area contributed by atoms with Gasteiger partial charge in [0.25, 0.3) is 11.8 Å². The molecule has 2 amide bonds. The predicted molar refractivity (Wildman–Crippen MR) is 98.9 cm³/mol. The first-order valence-corrected chi connectivity index (χ1v) is 8.75. The number of nitrogens with one attached hydrogen (secondary N) is 2. The van der Waals surface area contributed by atoms with Gasteiger partial charge < -0.3 is 10.6 Å². The summed E-state index contributed by atoms with van der Waals surface area (Å²) in [6.07, 6.45) is 0. The summed E-state index contributed by atoms with van der Waals surface area (Å²) in [5.74, 6) is 0.521. The lowest BCUT2D eigenvalue weighted by Gasteiger charge is -2.15. The Hall–Kier alpha value is -2.62. The minimum absolute atomic E-state index is 0.00691. The fraction of sp³-hybridized carbons (Fsp3) is 0.333. The average Bonchev–Trinajstić information content (AvgIpc) is 3.00. The van der Waals surface area contributed by atoms with E-state index in [1.54, 1.807) is 0 Å². The maximum Gasteiger partial charge on any atom is 0.251 e. The molecule has 0 spiro atoms. The van der Waals surface area contributed by atoms with E-state index in [1.807, 2.05) is 36.4 Å². The molecule has 4 heteroatoms. The van der Waals surface area contributed by atoms with Gasteiger partial charge in [0.2, 0.25) is 0 Å². The van der Waals surface area contributed by atoms with Crippen LogP contribution in [0.1, 0.15) is 70.0 Å². The van der Waals surface area contributed by atoms with E-state index in [0.29, 0.717) is 24.6 Å². The van der Waals surface area contributed by atoms with Gasteiger partial charge >= 0.3 is 0 Å². The van der Waals surface area contributed by atoms with Gasteiger partial charge in [-0.1, -0.05) is 45.0 Å². The predicted octanol–water partition coefficient (Wildman–Crippen LogP) is 3.59. The van der Waals surface area contributed by atoms with Crippen molar-refractivity contribution < 1.29 is 9.59 Å². The highest BCUT2D eigenvalue weighted by Gasteiger charge is 2.20. The molecule has 0 saturated heterocycles. The third kappa shape index (κ3) is 3.73. The van der Waals surface area contributed by atoms with Gasteiger partial charge in [-0.2, -0.15) is 0 Å².